The summed E-state index contributed by atoms with van der Waals surface area (Å²) in [5.74, 6) is -53.7. The number of esters is 3. The van der Waals surface area contributed by atoms with E-state index in [1.807, 2.05) is 0 Å². The Morgan fingerprint density at radius 3 is 1.83 bits per heavy atom. The standard InChI is InChI=1S/C44H47F13O15/c1-20-14-28-36(65,31(20)62)17-23(18-58)15-27-30-35(4,5)38(30,72-22(3)59)32(21(2)37(27,28)66)71-34(64)25-7-6-24(33(63)70-13-12-68-9-8-67-10-11-69-19-29(60)61)16-26(25)39(45,46)40(47,48)41(49,50)42(51,52)43(53,54)44(55,56)57/h6-7,14-16,21,27-28,30,32,58,65-66H,8-13,17-19H2,1-5H3,(H,60,61)/t21-,27+,28-,30-,32-,36-,37-,38-/m1/s1. The lowest BCUT2D eigenvalue weighted by molar-refractivity contribution is -0.441. The Bertz CT molecular complexity index is 2370. The van der Waals surface area contributed by atoms with E-state index in [4.69, 9.17) is 33.5 Å². The maximum Gasteiger partial charge on any atom is 0.460 e. The first kappa shape index (κ1) is 58.0. The molecule has 28 heteroatoms. The first-order valence-electron chi connectivity index (χ1n) is 21.4. The molecule has 404 valence electrons. The van der Waals surface area contributed by atoms with Gasteiger partial charge in [-0.2, -0.15) is 57.1 Å². The van der Waals surface area contributed by atoms with Gasteiger partial charge in [-0.1, -0.05) is 32.9 Å². The molecule has 0 radical (unpaired) electrons. The highest BCUT2D eigenvalue weighted by Gasteiger charge is 2.91. The van der Waals surface area contributed by atoms with Crippen LogP contribution < -0.4 is 0 Å². The molecule has 8 atom stereocenters. The highest BCUT2D eigenvalue weighted by Crippen LogP contribution is 2.77. The fraction of sp³-hybridized carbons (Fsp3) is 0.659. The van der Waals surface area contributed by atoms with Gasteiger partial charge in [-0.3, -0.25) is 9.59 Å². The lowest BCUT2D eigenvalue weighted by atomic mass is 9.59. The van der Waals surface area contributed by atoms with Gasteiger partial charge in [-0.25, -0.2) is 14.4 Å². The van der Waals surface area contributed by atoms with E-state index in [1.165, 1.54) is 26.8 Å². The molecular weight excluding hydrogens is 1020 g/mol. The summed E-state index contributed by atoms with van der Waals surface area (Å²) in [6.45, 7) is 2.48. The minimum atomic E-state index is -8.37. The summed E-state index contributed by atoms with van der Waals surface area (Å²) in [5, 5.41) is 43.6. The van der Waals surface area contributed by atoms with Crippen molar-refractivity contribution in [2.75, 3.05) is 52.9 Å². The Morgan fingerprint density at radius 2 is 1.31 bits per heavy atom. The molecule has 0 aliphatic heterocycles. The van der Waals surface area contributed by atoms with Gasteiger partial charge in [0.15, 0.2) is 11.4 Å². The Kier molecular flexibility index (Phi) is 15.6. The first-order chi connectivity index (χ1) is 32.8. The summed E-state index contributed by atoms with van der Waals surface area (Å²) >= 11 is 0. The molecule has 4 aliphatic carbocycles. The van der Waals surface area contributed by atoms with E-state index in [0.717, 1.165) is 19.9 Å². The number of carbonyl (C=O) groups excluding carboxylic acids is 4. The van der Waals surface area contributed by atoms with E-state index >= 15 is 26.3 Å². The highest BCUT2D eigenvalue weighted by atomic mass is 19.4. The molecule has 15 nitrogen and oxygen atoms in total. The number of aliphatic hydroxyl groups is 3. The van der Waals surface area contributed by atoms with Crippen LogP contribution in [0.3, 0.4) is 0 Å². The molecule has 0 saturated heterocycles. The summed E-state index contributed by atoms with van der Waals surface area (Å²) in [5.41, 5.74) is -15.3. The number of alkyl halides is 13. The van der Waals surface area contributed by atoms with Gasteiger partial charge in [0.1, 0.15) is 24.9 Å². The minimum Gasteiger partial charge on any atom is -0.480 e. The van der Waals surface area contributed by atoms with Crippen LogP contribution in [0.2, 0.25) is 0 Å². The molecular formula is C44H47F13O15. The van der Waals surface area contributed by atoms with Gasteiger partial charge in [0, 0.05) is 48.0 Å². The zero-order chi connectivity index (χ0) is 54.8. The van der Waals surface area contributed by atoms with Gasteiger partial charge in [0.05, 0.1) is 56.4 Å². The van der Waals surface area contributed by atoms with Crippen LogP contribution in [0.25, 0.3) is 0 Å². The molecule has 0 amide bonds. The zero-order valence-corrected chi connectivity index (χ0v) is 38.3. The van der Waals surface area contributed by atoms with Crippen LogP contribution >= 0.6 is 0 Å². The number of ketones is 1. The third-order valence-corrected chi connectivity index (χ3v) is 13.7. The number of hydrogen-bond donors (Lipinski definition) is 4. The van der Waals surface area contributed by atoms with Crippen molar-refractivity contribution in [1.29, 1.82) is 0 Å². The molecule has 5 rings (SSSR count). The maximum absolute atomic E-state index is 16.3. The molecule has 4 aliphatic rings. The van der Waals surface area contributed by atoms with Crippen molar-refractivity contribution in [2.24, 2.45) is 29.1 Å². The van der Waals surface area contributed by atoms with Crippen molar-refractivity contribution in [3.63, 3.8) is 0 Å². The fourth-order valence-corrected chi connectivity index (χ4v) is 10.2. The van der Waals surface area contributed by atoms with E-state index in [1.54, 1.807) is 0 Å². The largest absolute Gasteiger partial charge is 0.480 e. The van der Waals surface area contributed by atoms with Gasteiger partial charge >= 0.3 is 59.7 Å². The SMILES string of the molecule is CC(=O)O[C@@]12[C@H](OC(=O)c3ccc(C(=O)OCCOCCOCCOCC(=O)O)cc3C(F)(F)C(F)(F)C(F)(F)C(F)(F)C(F)(F)C(F)(F)F)[C@@H](C)[C@@]3(O)[C@@H](C=C(CO)C[C@]4(O)C(=O)C(C)=C[C@@H]34)[C@@H]1C2(C)C. The van der Waals surface area contributed by atoms with Gasteiger partial charge in [-0.05, 0) is 36.3 Å². The van der Waals surface area contributed by atoms with E-state index in [0.29, 0.717) is 6.07 Å². The maximum atomic E-state index is 16.3. The Labute approximate surface area is 399 Å². The number of Topliss-reactive ketones (excluding diaryl/α,β-unsaturated/α-hetero) is 1. The normalized spacial score (nSPS) is 28.4. The van der Waals surface area contributed by atoms with E-state index < -0.39 is 173 Å². The predicted molar refractivity (Wildman–Crippen MR) is 212 cm³/mol. The third-order valence-electron chi connectivity index (χ3n) is 13.7. The monoisotopic (exact) mass is 1060 g/mol. The number of aliphatic carboxylic acids is 1. The molecule has 1 aromatic carbocycles. The summed E-state index contributed by atoms with van der Waals surface area (Å²) in [6, 6.07) is -0.228. The number of rotatable bonds is 21. The average Bonchev–Trinajstić information content (AvgIpc) is 3.69. The van der Waals surface area contributed by atoms with Gasteiger partial charge in [-0.15, -0.1) is 0 Å². The molecule has 1 aromatic rings. The number of carboxylic acid groups (broad SMARTS) is 1. The molecule has 2 fully saturated rings. The summed E-state index contributed by atoms with van der Waals surface area (Å²) in [7, 11) is 0. The van der Waals surface area contributed by atoms with E-state index in [2.05, 4.69) is 0 Å². The van der Waals surface area contributed by atoms with Crippen LogP contribution in [0.1, 0.15) is 67.3 Å². The van der Waals surface area contributed by atoms with E-state index in [9.17, 15) is 70.0 Å². The average molecular weight is 1060 g/mol. The van der Waals surface area contributed by atoms with Crippen LogP contribution in [0.5, 0.6) is 0 Å². The van der Waals surface area contributed by atoms with E-state index in [-0.39, 0.29) is 43.6 Å². The highest BCUT2D eigenvalue weighted by molar-refractivity contribution is 6.05. The molecule has 4 N–H and O–H groups in total. The fourth-order valence-electron chi connectivity index (χ4n) is 10.2. The lowest BCUT2D eigenvalue weighted by Crippen LogP contribution is -2.69. The molecule has 72 heavy (non-hydrogen) atoms. The Morgan fingerprint density at radius 1 is 0.764 bits per heavy atom. The smallest absolute Gasteiger partial charge is 0.460 e. The minimum absolute atomic E-state index is 0.0138. The third kappa shape index (κ3) is 9.03. The quantitative estimate of drug-likeness (QED) is 0.0373. The number of halogens is 13. The summed E-state index contributed by atoms with van der Waals surface area (Å²) < 4.78 is 221. The van der Waals surface area contributed by atoms with Gasteiger partial charge < -0.3 is 48.8 Å². The number of hydrogen-bond acceptors (Lipinski definition) is 14. The molecule has 0 spiro atoms. The van der Waals surface area contributed by atoms with Gasteiger partial charge in [0.25, 0.3) is 0 Å². The predicted octanol–water partition coefficient (Wildman–Crippen LogP) is 5.85. The number of carboxylic acids is 1. The molecule has 0 aromatic heterocycles. The Hall–Kier alpha value is -4.90. The first-order valence-corrected chi connectivity index (χ1v) is 21.4. The van der Waals surface area contributed by atoms with Crippen LogP contribution in [-0.4, -0.2) is 156 Å². The number of benzene rings is 1. The second-order valence-electron chi connectivity index (χ2n) is 18.3. The second kappa shape index (κ2) is 19.4. The van der Waals surface area contributed by atoms with Crippen molar-refractivity contribution in [1.82, 2.24) is 0 Å². The topological polar surface area (TPSA) is 222 Å². The Balaban J connectivity index is 1.58. The second-order valence-corrected chi connectivity index (χ2v) is 18.3. The zero-order valence-electron chi connectivity index (χ0n) is 38.3. The molecule has 2 saturated carbocycles. The lowest BCUT2D eigenvalue weighted by Gasteiger charge is -2.53. The van der Waals surface area contributed by atoms with Crippen LogP contribution in [-0.2, 0) is 48.7 Å². The number of ether oxygens (including phenoxy) is 6. The van der Waals surface area contributed by atoms with Crippen LogP contribution in [0.4, 0.5) is 57.1 Å². The van der Waals surface area contributed by atoms with Gasteiger partial charge in [0.2, 0.25) is 0 Å². The van der Waals surface area contributed by atoms with Crippen LogP contribution in [0, 0.1) is 29.1 Å². The van der Waals surface area contributed by atoms with Crippen molar-refractivity contribution in [3.05, 3.63) is 58.2 Å². The molecule has 0 unspecified atom stereocenters. The van der Waals surface area contributed by atoms with Crippen molar-refractivity contribution in [3.8, 4) is 0 Å². The summed E-state index contributed by atoms with van der Waals surface area (Å²) in [6.07, 6.45) is -8.15. The van der Waals surface area contributed by atoms with Crippen LogP contribution in [0.15, 0.2) is 41.5 Å². The van der Waals surface area contributed by atoms with Crippen molar-refractivity contribution < 1.29 is 130 Å². The number of carbonyl (C=O) groups is 5. The number of fused-ring (bicyclic) bond motifs is 5. The van der Waals surface area contributed by atoms with Crippen molar-refractivity contribution >= 4 is 29.7 Å². The van der Waals surface area contributed by atoms with Crippen molar-refractivity contribution in [2.45, 2.75) is 99.7 Å². The molecule has 0 bridgehead atoms. The number of aliphatic hydroxyl groups excluding tert-OH is 1. The molecule has 0 heterocycles. The summed E-state index contributed by atoms with van der Waals surface area (Å²) in [4.78, 5) is 64.1.